The van der Waals surface area contributed by atoms with Gasteiger partial charge in [-0.25, -0.2) is 0 Å². The van der Waals surface area contributed by atoms with E-state index in [9.17, 15) is 0 Å². The Balaban J connectivity index is 3.29. The molecule has 0 aliphatic rings. The van der Waals surface area contributed by atoms with Gasteiger partial charge in [-0.3, -0.25) is 0 Å². The lowest BCUT2D eigenvalue weighted by atomic mass is 10.2. The molecule has 0 aromatic carbocycles. The third-order valence-electron chi connectivity index (χ3n) is 1.38. The van der Waals surface area contributed by atoms with Gasteiger partial charge in [0.2, 0.25) is 0 Å². The van der Waals surface area contributed by atoms with Crippen LogP contribution in [0, 0.1) is 0 Å². The van der Waals surface area contributed by atoms with Crippen molar-refractivity contribution >= 4 is 6.21 Å². The number of nitrogens with two attached hydrogens (primary N) is 1. The molecule has 0 saturated heterocycles. The van der Waals surface area contributed by atoms with Gasteiger partial charge in [0.15, 0.2) is 0 Å². The van der Waals surface area contributed by atoms with Gasteiger partial charge in [-0.2, -0.15) is 0 Å². The second kappa shape index (κ2) is 6.31. The van der Waals surface area contributed by atoms with Crippen molar-refractivity contribution in [3.8, 4) is 0 Å². The molecule has 0 fully saturated rings. The zero-order chi connectivity index (χ0) is 8.69. The van der Waals surface area contributed by atoms with Crippen molar-refractivity contribution in [3.05, 3.63) is 0 Å². The van der Waals surface area contributed by atoms with E-state index in [2.05, 4.69) is 24.2 Å². The van der Waals surface area contributed by atoms with Crippen molar-refractivity contribution in [2.45, 2.75) is 32.4 Å². The van der Waals surface area contributed by atoms with E-state index < -0.39 is 0 Å². The van der Waals surface area contributed by atoms with E-state index in [-0.39, 0.29) is 6.04 Å². The number of rotatable bonds is 5. The van der Waals surface area contributed by atoms with Gasteiger partial charge in [0.05, 0.1) is 0 Å². The molecule has 0 bridgehead atoms. The van der Waals surface area contributed by atoms with E-state index in [0.717, 1.165) is 13.0 Å². The molecule has 1 atom stereocenters. The SMILES string of the molecule is CN=CCC(N)CNC(C)C. The summed E-state index contributed by atoms with van der Waals surface area (Å²) in [5.41, 5.74) is 5.75. The van der Waals surface area contributed by atoms with Crippen LogP contribution in [0.15, 0.2) is 4.99 Å². The van der Waals surface area contributed by atoms with Crippen molar-refractivity contribution in [2.24, 2.45) is 10.7 Å². The first-order valence-electron chi connectivity index (χ1n) is 4.06. The maximum Gasteiger partial charge on any atom is 0.0273 e. The standard InChI is InChI=1S/C8H19N3/c1-7(2)11-6-8(9)4-5-10-3/h5,7-8,11H,4,6,9H2,1-3H3. The van der Waals surface area contributed by atoms with Gasteiger partial charge >= 0.3 is 0 Å². The van der Waals surface area contributed by atoms with Gasteiger partial charge in [0.25, 0.3) is 0 Å². The van der Waals surface area contributed by atoms with Crippen LogP contribution in [0.2, 0.25) is 0 Å². The first-order valence-corrected chi connectivity index (χ1v) is 4.06. The first-order chi connectivity index (χ1) is 5.16. The van der Waals surface area contributed by atoms with Crippen LogP contribution >= 0.6 is 0 Å². The van der Waals surface area contributed by atoms with Crippen molar-refractivity contribution in [1.29, 1.82) is 0 Å². The number of hydrogen-bond donors (Lipinski definition) is 2. The molecule has 0 rings (SSSR count). The van der Waals surface area contributed by atoms with Crippen molar-refractivity contribution in [3.63, 3.8) is 0 Å². The molecule has 0 aromatic rings. The predicted molar refractivity (Wildman–Crippen MR) is 50.1 cm³/mol. The molecule has 0 saturated carbocycles. The molecule has 0 aromatic heterocycles. The highest BCUT2D eigenvalue weighted by Crippen LogP contribution is 1.84. The first kappa shape index (κ1) is 10.6. The molecule has 0 aliphatic carbocycles. The summed E-state index contributed by atoms with van der Waals surface area (Å²) in [4.78, 5) is 3.87. The van der Waals surface area contributed by atoms with Crippen molar-refractivity contribution in [1.82, 2.24) is 5.32 Å². The lowest BCUT2D eigenvalue weighted by Gasteiger charge is -2.12. The van der Waals surface area contributed by atoms with E-state index in [1.54, 1.807) is 7.05 Å². The fourth-order valence-corrected chi connectivity index (χ4v) is 0.711. The molecule has 0 heterocycles. The third kappa shape index (κ3) is 7.49. The van der Waals surface area contributed by atoms with Gasteiger partial charge in [-0.1, -0.05) is 13.8 Å². The minimum atomic E-state index is 0.195. The zero-order valence-corrected chi connectivity index (χ0v) is 7.67. The molecule has 11 heavy (non-hydrogen) atoms. The van der Waals surface area contributed by atoms with Crippen LogP contribution in [0.25, 0.3) is 0 Å². The van der Waals surface area contributed by atoms with Crippen LogP contribution < -0.4 is 11.1 Å². The summed E-state index contributed by atoms with van der Waals surface area (Å²) in [6, 6.07) is 0.709. The zero-order valence-electron chi connectivity index (χ0n) is 7.67. The summed E-state index contributed by atoms with van der Waals surface area (Å²) < 4.78 is 0. The van der Waals surface area contributed by atoms with E-state index in [0.29, 0.717) is 6.04 Å². The lowest BCUT2D eigenvalue weighted by molar-refractivity contribution is 0.534. The van der Waals surface area contributed by atoms with Crippen LogP contribution in [0.5, 0.6) is 0 Å². The maximum absolute atomic E-state index is 5.75. The predicted octanol–water partition coefficient (Wildman–Crippen LogP) is 0.402. The summed E-state index contributed by atoms with van der Waals surface area (Å²) in [7, 11) is 1.77. The highest BCUT2D eigenvalue weighted by atomic mass is 14.9. The second-order valence-corrected chi connectivity index (χ2v) is 3.00. The Morgan fingerprint density at radius 2 is 2.18 bits per heavy atom. The topological polar surface area (TPSA) is 50.4 Å². The number of aliphatic imine (C=N–C) groups is 1. The van der Waals surface area contributed by atoms with Gasteiger partial charge in [0.1, 0.15) is 0 Å². The Morgan fingerprint density at radius 1 is 1.55 bits per heavy atom. The van der Waals surface area contributed by atoms with Crippen LogP contribution in [0.3, 0.4) is 0 Å². The highest BCUT2D eigenvalue weighted by molar-refractivity contribution is 5.57. The summed E-state index contributed by atoms with van der Waals surface area (Å²) in [5, 5.41) is 3.27. The van der Waals surface area contributed by atoms with Crippen LogP contribution in [0.4, 0.5) is 0 Å². The van der Waals surface area contributed by atoms with Crippen LogP contribution in [-0.2, 0) is 0 Å². The monoisotopic (exact) mass is 157 g/mol. The van der Waals surface area contributed by atoms with Crippen LogP contribution in [0.1, 0.15) is 20.3 Å². The molecular formula is C8H19N3. The maximum atomic E-state index is 5.75. The summed E-state index contributed by atoms with van der Waals surface area (Å²) in [5.74, 6) is 0. The van der Waals surface area contributed by atoms with E-state index in [4.69, 9.17) is 5.73 Å². The van der Waals surface area contributed by atoms with Crippen molar-refractivity contribution < 1.29 is 0 Å². The second-order valence-electron chi connectivity index (χ2n) is 3.00. The van der Waals surface area contributed by atoms with Crippen molar-refractivity contribution in [2.75, 3.05) is 13.6 Å². The molecule has 3 nitrogen and oxygen atoms in total. The summed E-state index contributed by atoms with van der Waals surface area (Å²) >= 11 is 0. The van der Waals surface area contributed by atoms with Gasteiger partial charge in [-0.05, 0) is 12.6 Å². The Bertz CT molecular complexity index is 110. The lowest BCUT2D eigenvalue weighted by Crippen LogP contribution is -2.37. The molecule has 0 radical (unpaired) electrons. The molecular weight excluding hydrogens is 138 g/mol. The normalized spacial score (nSPS) is 14.6. The van der Waals surface area contributed by atoms with Gasteiger partial charge in [0, 0.05) is 25.7 Å². The Morgan fingerprint density at radius 3 is 2.64 bits per heavy atom. The number of hydrogen-bond acceptors (Lipinski definition) is 3. The summed E-state index contributed by atoms with van der Waals surface area (Å²) in [6.45, 7) is 5.09. The fraction of sp³-hybridized carbons (Fsp3) is 0.875. The van der Waals surface area contributed by atoms with E-state index >= 15 is 0 Å². The average molecular weight is 157 g/mol. The molecule has 66 valence electrons. The molecule has 1 unspecified atom stereocenters. The number of nitrogens with one attached hydrogen (secondary N) is 1. The molecule has 0 aliphatic heterocycles. The average Bonchev–Trinajstić information content (AvgIpc) is 1.97. The van der Waals surface area contributed by atoms with Crippen LogP contribution in [-0.4, -0.2) is 31.9 Å². The molecule has 3 N–H and O–H groups in total. The quantitative estimate of drug-likeness (QED) is 0.568. The van der Waals surface area contributed by atoms with Gasteiger partial charge in [-0.15, -0.1) is 0 Å². The Labute approximate surface area is 69.1 Å². The smallest absolute Gasteiger partial charge is 0.0273 e. The highest BCUT2D eigenvalue weighted by Gasteiger charge is 1.99. The Kier molecular flexibility index (Phi) is 6.07. The van der Waals surface area contributed by atoms with E-state index in [1.165, 1.54) is 0 Å². The minimum Gasteiger partial charge on any atom is -0.326 e. The summed E-state index contributed by atoms with van der Waals surface area (Å²) in [6.07, 6.45) is 2.71. The third-order valence-corrected chi connectivity index (χ3v) is 1.38. The van der Waals surface area contributed by atoms with Gasteiger partial charge < -0.3 is 16.0 Å². The fourth-order valence-electron chi connectivity index (χ4n) is 0.711. The molecule has 3 heteroatoms. The largest absolute Gasteiger partial charge is 0.326 e. The Hall–Kier alpha value is -0.410. The van der Waals surface area contributed by atoms with E-state index in [1.807, 2.05) is 6.21 Å². The molecule has 0 spiro atoms. The molecule has 0 amide bonds. The minimum absolute atomic E-state index is 0.195. The number of nitrogens with zero attached hydrogens (tertiary/aromatic N) is 1.